The van der Waals surface area contributed by atoms with Gasteiger partial charge in [0.25, 0.3) is 5.91 Å². The van der Waals surface area contributed by atoms with Gasteiger partial charge in [0, 0.05) is 9.13 Å². The van der Waals surface area contributed by atoms with E-state index in [2.05, 4.69) is 5.32 Å². The molecule has 1 amide bonds. The van der Waals surface area contributed by atoms with Crippen molar-refractivity contribution in [2.24, 2.45) is 0 Å². The zero-order valence-electron chi connectivity index (χ0n) is 10.6. The molecule has 0 fully saturated rings. The fourth-order valence-corrected chi connectivity index (χ4v) is 2.50. The number of anilines is 1. The van der Waals surface area contributed by atoms with E-state index in [1.54, 1.807) is 6.07 Å². The topological polar surface area (TPSA) is 29.1 Å². The summed E-state index contributed by atoms with van der Waals surface area (Å²) in [4.78, 5) is 12.1. The van der Waals surface area contributed by atoms with Crippen LogP contribution in [0.5, 0.6) is 0 Å². The van der Waals surface area contributed by atoms with Crippen LogP contribution in [-0.4, -0.2) is 5.91 Å². The Balaban J connectivity index is 2.25. The van der Waals surface area contributed by atoms with E-state index in [-0.39, 0.29) is 11.7 Å². The molecule has 0 spiro atoms. The molecule has 98 valence electrons. The van der Waals surface area contributed by atoms with Gasteiger partial charge in [0.15, 0.2) is 0 Å². The van der Waals surface area contributed by atoms with E-state index in [0.29, 0.717) is 14.8 Å². The van der Waals surface area contributed by atoms with Crippen LogP contribution in [0.4, 0.5) is 10.1 Å². The quantitative estimate of drug-likeness (QED) is 0.786. The maximum atomic E-state index is 13.0. The number of carbonyl (C=O) groups excluding carboxylic acids is 1. The van der Waals surface area contributed by atoms with Crippen LogP contribution in [0.1, 0.15) is 21.5 Å². The van der Waals surface area contributed by atoms with Crippen LogP contribution in [0.25, 0.3) is 0 Å². The average Bonchev–Trinajstić information content (AvgIpc) is 2.31. The number of halogens is 2. The minimum atomic E-state index is -0.311. The lowest BCUT2D eigenvalue weighted by molar-refractivity contribution is 0.102. The second-order valence-electron chi connectivity index (χ2n) is 4.45. The third kappa shape index (κ3) is 3.53. The van der Waals surface area contributed by atoms with Gasteiger partial charge in [0.1, 0.15) is 5.82 Å². The summed E-state index contributed by atoms with van der Waals surface area (Å²) < 4.78 is 13.7. The van der Waals surface area contributed by atoms with Gasteiger partial charge in [0.2, 0.25) is 0 Å². The molecule has 0 unspecified atom stereocenters. The van der Waals surface area contributed by atoms with E-state index >= 15 is 0 Å². The van der Waals surface area contributed by atoms with E-state index in [1.165, 1.54) is 12.1 Å². The lowest BCUT2D eigenvalue weighted by Crippen LogP contribution is -2.13. The molecular formula is C15H13FINO. The minimum absolute atomic E-state index is 0.184. The second kappa shape index (κ2) is 5.69. The van der Waals surface area contributed by atoms with Crippen molar-refractivity contribution < 1.29 is 9.18 Å². The third-order valence-electron chi connectivity index (χ3n) is 2.66. The maximum Gasteiger partial charge on any atom is 0.255 e. The molecule has 0 aliphatic rings. The molecule has 0 saturated heterocycles. The van der Waals surface area contributed by atoms with Crippen LogP contribution in [-0.2, 0) is 0 Å². The summed E-state index contributed by atoms with van der Waals surface area (Å²) >= 11 is 2.00. The SMILES string of the molecule is Cc1cc(C)cc(C(=O)Nc2ccc(F)cc2I)c1. The summed E-state index contributed by atoms with van der Waals surface area (Å²) in [6.07, 6.45) is 0. The van der Waals surface area contributed by atoms with Crippen LogP contribution < -0.4 is 5.32 Å². The summed E-state index contributed by atoms with van der Waals surface area (Å²) in [6, 6.07) is 9.96. The van der Waals surface area contributed by atoms with Crippen molar-refractivity contribution in [3.63, 3.8) is 0 Å². The highest BCUT2D eigenvalue weighted by Gasteiger charge is 2.09. The molecule has 2 rings (SSSR count). The predicted molar refractivity (Wildman–Crippen MR) is 83.0 cm³/mol. The van der Waals surface area contributed by atoms with Crippen LogP contribution in [0.3, 0.4) is 0 Å². The first-order valence-corrected chi connectivity index (χ1v) is 6.88. The molecule has 0 aliphatic carbocycles. The van der Waals surface area contributed by atoms with Gasteiger partial charge in [-0.1, -0.05) is 17.2 Å². The highest BCUT2D eigenvalue weighted by molar-refractivity contribution is 14.1. The first-order valence-electron chi connectivity index (χ1n) is 5.80. The van der Waals surface area contributed by atoms with Crippen LogP contribution in [0.15, 0.2) is 36.4 Å². The maximum absolute atomic E-state index is 13.0. The summed E-state index contributed by atoms with van der Waals surface area (Å²) in [5.41, 5.74) is 3.31. The van der Waals surface area contributed by atoms with Gasteiger partial charge < -0.3 is 5.32 Å². The molecule has 0 bridgehead atoms. The van der Waals surface area contributed by atoms with Crippen LogP contribution in [0, 0.1) is 23.2 Å². The monoisotopic (exact) mass is 369 g/mol. The van der Waals surface area contributed by atoms with E-state index in [4.69, 9.17) is 0 Å². The Morgan fingerprint density at radius 1 is 1.11 bits per heavy atom. The molecule has 0 saturated carbocycles. The Hall–Kier alpha value is -1.43. The molecule has 0 radical (unpaired) electrons. The number of nitrogens with one attached hydrogen (secondary N) is 1. The van der Waals surface area contributed by atoms with Crippen molar-refractivity contribution in [1.29, 1.82) is 0 Å². The largest absolute Gasteiger partial charge is 0.321 e. The zero-order chi connectivity index (χ0) is 14.0. The third-order valence-corrected chi connectivity index (χ3v) is 3.56. The fourth-order valence-electron chi connectivity index (χ4n) is 1.89. The molecule has 0 atom stereocenters. The Kier molecular flexibility index (Phi) is 4.19. The van der Waals surface area contributed by atoms with E-state index in [9.17, 15) is 9.18 Å². The van der Waals surface area contributed by atoms with E-state index < -0.39 is 0 Å². The Bertz CT molecular complexity index is 620. The lowest BCUT2D eigenvalue weighted by Gasteiger charge is -2.09. The number of rotatable bonds is 2. The van der Waals surface area contributed by atoms with Gasteiger partial charge in [-0.2, -0.15) is 0 Å². The molecular weight excluding hydrogens is 356 g/mol. The molecule has 19 heavy (non-hydrogen) atoms. The first-order chi connectivity index (χ1) is 8.95. The molecule has 4 heteroatoms. The highest BCUT2D eigenvalue weighted by Crippen LogP contribution is 2.20. The molecule has 0 aromatic heterocycles. The second-order valence-corrected chi connectivity index (χ2v) is 5.62. The number of benzene rings is 2. The van der Waals surface area contributed by atoms with Crippen molar-refractivity contribution in [2.45, 2.75) is 13.8 Å². The molecule has 0 heterocycles. The molecule has 2 aromatic carbocycles. The van der Waals surface area contributed by atoms with Crippen molar-refractivity contribution in [3.05, 3.63) is 62.5 Å². The van der Waals surface area contributed by atoms with Crippen molar-refractivity contribution >= 4 is 34.2 Å². The predicted octanol–water partition coefficient (Wildman–Crippen LogP) is 4.30. The van der Waals surface area contributed by atoms with Crippen molar-refractivity contribution in [3.8, 4) is 0 Å². The Labute approximate surface area is 125 Å². The first kappa shape index (κ1) is 14.0. The Morgan fingerprint density at radius 2 is 1.74 bits per heavy atom. The van der Waals surface area contributed by atoms with Crippen molar-refractivity contribution in [2.75, 3.05) is 5.32 Å². The standard InChI is InChI=1S/C15H13FINO/c1-9-5-10(2)7-11(6-9)15(19)18-14-4-3-12(16)8-13(14)17/h3-8H,1-2H3,(H,18,19). The zero-order valence-corrected chi connectivity index (χ0v) is 12.8. The van der Waals surface area contributed by atoms with Gasteiger partial charge in [-0.25, -0.2) is 4.39 Å². The number of hydrogen-bond acceptors (Lipinski definition) is 1. The lowest BCUT2D eigenvalue weighted by atomic mass is 10.1. The fraction of sp³-hybridized carbons (Fsp3) is 0.133. The van der Waals surface area contributed by atoms with Crippen LogP contribution in [0.2, 0.25) is 0 Å². The number of aryl methyl sites for hydroxylation is 2. The minimum Gasteiger partial charge on any atom is -0.321 e. The smallest absolute Gasteiger partial charge is 0.255 e. The molecule has 2 aromatic rings. The number of hydrogen-bond donors (Lipinski definition) is 1. The van der Waals surface area contributed by atoms with Crippen molar-refractivity contribution in [1.82, 2.24) is 0 Å². The van der Waals surface area contributed by atoms with Gasteiger partial charge in [-0.15, -0.1) is 0 Å². The summed E-state index contributed by atoms with van der Waals surface area (Å²) in [5, 5.41) is 2.80. The van der Waals surface area contributed by atoms with Gasteiger partial charge in [-0.05, 0) is 66.8 Å². The molecule has 0 aliphatic heterocycles. The average molecular weight is 369 g/mol. The number of amides is 1. The van der Waals surface area contributed by atoms with E-state index in [1.807, 2.05) is 54.6 Å². The van der Waals surface area contributed by atoms with Gasteiger partial charge >= 0.3 is 0 Å². The van der Waals surface area contributed by atoms with E-state index in [0.717, 1.165) is 11.1 Å². The van der Waals surface area contributed by atoms with Crippen LogP contribution >= 0.6 is 22.6 Å². The normalized spacial score (nSPS) is 10.3. The highest BCUT2D eigenvalue weighted by atomic mass is 127. The summed E-state index contributed by atoms with van der Waals surface area (Å²) in [5.74, 6) is -0.495. The van der Waals surface area contributed by atoms with Gasteiger partial charge in [-0.3, -0.25) is 4.79 Å². The Morgan fingerprint density at radius 3 is 2.32 bits per heavy atom. The number of carbonyl (C=O) groups is 1. The van der Waals surface area contributed by atoms with Gasteiger partial charge in [0.05, 0.1) is 5.69 Å². The summed E-state index contributed by atoms with van der Waals surface area (Å²) in [7, 11) is 0. The molecule has 1 N–H and O–H groups in total. The summed E-state index contributed by atoms with van der Waals surface area (Å²) in [6.45, 7) is 3.90. The molecule has 2 nitrogen and oxygen atoms in total.